The average molecular weight is 392 g/mol. The topological polar surface area (TPSA) is 63.3 Å². The number of hydrogen-bond acceptors (Lipinski definition) is 2. The van der Waals surface area contributed by atoms with Gasteiger partial charge in [0.1, 0.15) is 5.82 Å². The van der Waals surface area contributed by atoms with E-state index < -0.39 is 41.6 Å². The molecule has 26 heavy (non-hydrogen) atoms. The minimum Gasteiger partial charge on any atom is -0.481 e. The van der Waals surface area contributed by atoms with Crippen molar-refractivity contribution < 1.29 is 27.5 Å². The molecule has 0 unspecified atom stereocenters. The summed E-state index contributed by atoms with van der Waals surface area (Å²) >= 11 is 0. The van der Waals surface area contributed by atoms with Crippen molar-refractivity contribution in [1.29, 1.82) is 0 Å². The van der Waals surface area contributed by atoms with Gasteiger partial charge < -0.3 is 10.8 Å². The molecule has 0 aliphatic rings. The second-order valence-corrected chi connectivity index (χ2v) is 5.90. The second kappa shape index (κ2) is 8.05. The fourth-order valence-electron chi connectivity index (χ4n) is 2.84. The quantitative estimate of drug-likeness (QED) is 0.719. The van der Waals surface area contributed by atoms with Gasteiger partial charge in [-0.25, -0.2) is 4.39 Å². The fraction of sp³-hybridized carbons (Fsp3) is 0.278. The van der Waals surface area contributed by atoms with Gasteiger partial charge in [0.05, 0.1) is 12.0 Å². The van der Waals surface area contributed by atoms with Crippen LogP contribution in [0.1, 0.15) is 34.7 Å². The first-order chi connectivity index (χ1) is 11.5. The Morgan fingerprint density at radius 1 is 1.19 bits per heavy atom. The molecule has 0 spiro atoms. The Bertz CT molecular complexity index is 801. The summed E-state index contributed by atoms with van der Waals surface area (Å²) in [5, 5.41) is 8.82. The van der Waals surface area contributed by atoms with Crippen LogP contribution < -0.4 is 5.73 Å². The summed E-state index contributed by atoms with van der Waals surface area (Å²) in [4.78, 5) is 10.8. The monoisotopic (exact) mass is 391 g/mol. The summed E-state index contributed by atoms with van der Waals surface area (Å²) in [6.45, 7) is 3.46. The van der Waals surface area contributed by atoms with Gasteiger partial charge in [-0.05, 0) is 48.2 Å². The number of carboxylic acids is 1. The van der Waals surface area contributed by atoms with Crippen LogP contribution in [0.3, 0.4) is 0 Å². The molecule has 2 aromatic carbocycles. The molecule has 0 radical (unpaired) electrons. The van der Waals surface area contributed by atoms with E-state index in [1.165, 1.54) is 6.07 Å². The number of carbonyl (C=O) groups is 1. The van der Waals surface area contributed by atoms with Gasteiger partial charge in [0.25, 0.3) is 0 Å². The van der Waals surface area contributed by atoms with Crippen LogP contribution in [0.2, 0.25) is 0 Å². The lowest BCUT2D eigenvalue weighted by Crippen LogP contribution is -2.19. The largest absolute Gasteiger partial charge is 0.481 e. The predicted molar refractivity (Wildman–Crippen MR) is 92.7 cm³/mol. The van der Waals surface area contributed by atoms with Gasteiger partial charge in [0.15, 0.2) is 0 Å². The summed E-state index contributed by atoms with van der Waals surface area (Å²) in [7, 11) is 0. The molecule has 0 bridgehead atoms. The number of carboxylic acid groups (broad SMARTS) is 1. The fourth-order valence-corrected chi connectivity index (χ4v) is 2.84. The first-order valence-corrected chi connectivity index (χ1v) is 7.47. The summed E-state index contributed by atoms with van der Waals surface area (Å²) in [5.74, 6) is -2.85. The zero-order valence-corrected chi connectivity index (χ0v) is 14.8. The van der Waals surface area contributed by atoms with Gasteiger partial charge >= 0.3 is 12.1 Å². The third-order valence-electron chi connectivity index (χ3n) is 3.97. The molecule has 2 aromatic rings. The summed E-state index contributed by atoms with van der Waals surface area (Å²) in [5.41, 5.74) is 5.86. The molecule has 0 aromatic heterocycles. The van der Waals surface area contributed by atoms with Crippen LogP contribution in [0.5, 0.6) is 0 Å². The molecule has 3 nitrogen and oxygen atoms in total. The molecule has 0 saturated heterocycles. The Hall–Kier alpha value is -2.12. The Balaban J connectivity index is 0.00000338. The number of nitrogens with two attached hydrogens (primary N) is 1. The Kier molecular flexibility index (Phi) is 6.79. The van der Waals surface area contributed by atoms with Crippen molar-refractivity contribution in [3.63, 3.8) is 0 Å². The number of alkyl halides is 3. The lowest BCUT2D eigenvalue weighted by molar-refractivity contribution is -0.140. The molecule has 0 fully saturated rings. The summed E-state index contributed by atoms with van der Waals surface area (Å²) in [6.07, 6.45) is -5.60. The smallest absolute Gasteiger partial charge is 0.419 e. The summed E-state index contributed by atoms with van der Waals surface area (Å²) < 4.78 is 54.1. The molecule has 1 atom stereocenters. The van der Waals surface area contributed by atoms with Gasteiger partial charge in [0, 0.05) is 11.6 Å². The van der Waals surface area contributed by atoms with E-state index in [9.17, 15) is 22.4 Å². The average Bonchev–Trinajstić information content (AvgIpc) is 2.46. The third-order valence-corrected chi connectivity index (χ3v) is 3.97. The van der Waals surface area contributed by atoms with E-state index in [4.69, 9.17) is 10.8 Å². The van der Waals surface area contributed by atoms with Crippen LogP contribution in [0.4, 0.5) is 17.6 Å². The number of benzene rings is 2. The van der Waals surface area contributed by atoms with Gasteiger partial charge in [-0.2, -0.15) is 13.2 Å². The number of hydrogen-bond donors (Lipinski definition) is 2. The van der Waals surface area contributed by atoms with Crippen molar-refractivity contribution in [3.8, 4) is 11.1 Å². The number of halogens is 5. The van der Waals surface area contributed by atoms with Crippen LogP contribution >= 0.6 is 12.4 Å². The predicted octanol–water partition coefficient (Wildman–Crippen LogP) is 5.02. The standard InChI is InChI=1S/C18H17F4NO2.ClH/c1-9-4-3-5-10(2)16(9)11-6-12(14(23)8-15(24)25)17(19)13(7-11)18(20,21)22;/h3-7,14H,8,23H2,1-2H3,(H,24,25);1H/t14-;/m0./s1. The van der Waals surface area contributed by atoms with Crippen molar-refractivity contribution in [3.05, 3.63) is 58.4 Å². The lowest BCUT2D eigenvalue weighted by atomic mass is 9.90. The molecule has 2 rings (SSSR count). The Labute approximate surface area is 154 Å². The molecular formula is C18H18ClF4NO2. The molecule has 0 amide bonds. The molecular weight excluding hydrogens is 374 g/mol. The summed E-state index contributed by atoms with van der Waals surface area (Å²) in [6, 6.07) is 5.78. The van der Waals surface area contributed by atoms with E-state index in [1.807, 2.05) is 0 Å². The zero-order chi connectivity index (χ0) is 18.9. The van der Waals surface area contributed by atoms with Gasteiger partial charge in [-0.1, -0.05) is 18.2 Å². The van der Waals surface area contributed by atoms with Crippen LogP contribution in [0, 0.1) is 19.7 Å². The van der Waals surface area contributed by atoms with Crippen LogP contribution in [0.15, 0.2) is 30.3 Å². The van der Waals surface area contributed by atoms with E-state index in [0.29, 0.717) is 5.56 Å². The molecule has 0 aliphatic heterocycles. The molecule has 3 N–H and O–H groups in total. The van der Waals surface area contributed by atoms with Crippen molar-refractivity contribution >= 4 is 18.4 Å². The van der Waals surface area contributed by atoms with Gasteiger partial charge in [-0.3, -0.25) is 4.79 Å². The van der Waals surface area contributed by atoms with Crippen molar-refractivity contribution in [2.45, 2.75) is 32.5 Å². The Morgan fingerprint density at radius 3 is 2.19 bits per heavy atom. The number of aliphatic carboxylic acids is 1. The van der Waals surface area contributed by atoms with E-state index >= 15 is 0 Å². The molecule has 142 valence electrons. The van der Waals surface area contributed by atoms with Gasteiger partial charge in [-0.15, -0.1) is 12.4 Å². The first-order valence-electron chi connectivity index (χ1n) is 7.47. The number of aryl methyl sites for hydroxylation is 2. The maximum absolute atomic E-state index is 14.4. The van der Waals surface area contributed by atoms with Gasteiger partial charge in [0.2, 0.25) is 0 Å². The highest BCUT2D eigenvalue weighted by Crippen LogP contribution is 2.39. The maximum Gasteiger partial charge on any atom is 0.419 e. The molecule has 0 saturated carbocycles. The van der Waals surface area contributed by atoms with Crippen molar-refractivity contribution in [2.75, 3.05) is 0 Å². The first kappa shape index (κ1) is 21.9. The minimum absolute atomic E-state index is 0. The van der Waals surface area contributed by atoms with Crippen molar-refractivity contribution in [1.82, 2.24) is 0 Å². The normalized spacial score (nSPS) is 12.4. The van der Waals surface area contributed by atoms with Crippen molar-refractivity contribution in [2.24, 2.45) is 5.73 Å². The molecule has 0 heterocycles. The number of rotatable bonds is 4. The van der Waals surface area contributed by atoms with E-state index in [2.05, 4.69) is 0 Å². The van der Waals surface area contributed by atoms with E-state index in [1.54, 1.807) is 32.0 Å². The third kappa shape index (κ3) is 4.53. The molecule has 0 aliphatic carbocycles. The van der Waals surface area contributed by atoms with Crippen LogP contribution in [0.25, 0.3) is 11.1 Å². The SMILES string of the molecule is Cc1cccc(C)c1-c1cc([C@@H](N)CC(=O)O)c(F)c(C(F)(F)F)c1.Cl. The highest BCUT2D eigenvalue weighted by atomic mass is 35.5. The maximum atomic E-state index is 14.4. The molecule has 8 heteroatoms. The van der Waals surface area contributed by atoms with E-state index in [0.717, 1.165) is 17.2 Å². The zero-order valence-electron chi connectivity index (χ0n) is 14.0. The highest BCUT2D eigenvalue weighted by Gasteiger charge is 2.36. The lowest BCUT2D eigenvalue weighted by Gasteiger charge is -2.19. The van der Waals surface area contributed by atoms with Crippen LogP contribution in [-0.4, -0.2) is 11.1 Å². The van der Waals surface area contributed by atoms with E-state index in [-0.39, 0.29) is 18.0 Å². The van der Waals surface area contributed by atoms with Crippen LogP contribution in [-0.2, 0) is 11.0 Å². The highest BCUT2D eigenvalue weighted by molar-refractivity contribution is 5.85. The Morgan fingerprint density at radius 2 is 1.73 bits per heavy atom. The second-order valence-electron chi connectivity index (χ2n) is 5.90. The minimum atomic E-state index is -4.92.